The van der Waals surface area contributed by atoms with Crippen LogP contribution in [0.4, 0.5) is 22.0 Å². The summed E-state index contributed by atoms with van der Waals surface area (Å²) in [5.41, 5.74) is -3.10. The van der Waals surface area contributed by atoms with Gasteiger partial charge in [-0.25, -0.2) is 13.8 Å². The van der Waals surface area contributed by atoms with Gasteiger partial charge < -0.3 is 14.9 Å². The Bertz CT molecular complexity index is 803. The van der Waals surface area contributed by atoms with Crippen molar-refractivity contribution in [2.24, 2.45) is 0 Å². The second-order valence-corrected chi connectivity index (χ2v) is 6.01. The second-order valence-electron chi connectivity index (χ2n) is 6.01. The molecule has 0 saturated carbocycles. The SMILES string of the molecule is OCC(O)(CF)c1cc2c(c(-c3ccc(F)cc3)n1)OC[C@H]2C(F)(F)F. The van der Waals surface area contributed by atoms with E-state index in [1.165, 1.54) is 12.1 Å². The lowest BCUT2D eigenvalue weighted by Crippen LogP contribution is -2.34. The summed E-state index contributed by atoms with van der Waals surface area (Å²) in [5.74, 6) is -2.71. The van der Waals surface area contributed by atoms with Gasteiger partial charge in [0.05, 0.1) is 12.3 Å². The van der Waals surface area contributed by atoms with Gasteiger partial charge in [0.1, 0.15) is 36.5 Å². The summed E-state index contributed by atoms with van der Waals surface area (Å²) in [6.07, 6.45) is -4.63. The smallest absolute Gasteiger partial charge is 0.399 e. The zero-order valence-corrected chi connectivity index (χ0v) is 13.2. The van der Waals surface area contributed by atoms with Crippen molar-refractivity contribution in [3.8, 4) is 17.0 Å². The molecule has 0 aliphatic carbocycles. The number of alkyl halides is 4. The first-order valence-corrected chi connectivity index (χ1v) is 7.59. The molecule has 4 nitrogen and oxygen atoms in total. The standard InChI is InChI=1S/C17H14F5NO3/c18-7-16(25,8-24)13-5-11-12(17(20,21)22)6-26-15(11)14(23-13)9-1-3-10(19)4-2-9/h1-5,12,24-25H,6-8H2/t12-,16?/m1/s1. The fourth-order valence-electron chi connectivity index (χ4n) is 2.72. The van der Waals surface area contributed by atoms with Gasteiger partial charge in [0.2, 0.25) is 0 Å². The fraction of sp³-hybridized carbons (Fsp3) is 0.353. The lowest BCUT2D eigenvalue weighted by molar-refractivity contribution is -0.151. The molecule has 2 aromatic rings. The summed E-state index contributed by atoms with van der Waals surface area (Å²) >= 11 is 0. The van der Waals surface area contributed by atoms with E-state index >= 15 is 0 Å². The molecule has 1 aliphatic rings. The first-order chi connectivity index (χ1) is 12.2. The minimum Gasteiger partial charge on any atom is -0.490 e. The van der Waals surface area contributed by atoms with E-state index in [-0.39, 0.29) is 22.6 Å². The van der Waals surface area contributed by atoms with Crippen LogP contribution in [-0.2, 0) is 5.60 Å². The molecule has 0 saturated heterocycles. The summed E-state index contributed by atoms with van der Waals surface area (Å²) in [5, 5.41) is 19.4. The van der Waals surface area contributed by atoms with Crippen LogP contribution in [-0.4, -0.2) is 41.3 Å². The molecule has 1 aromatic heterocycles. The van der Waals surface area contributed by atoms with Gasteiger partial charge in [-0.15, -0.1) is 0 Å². The number of hydrogen-bond acceptors (Lipinski definition) is 4. The van der Waals surface area contributed by atoms with Crippen molar-refractivity contribution in [2.45, 2.75) is 17.7 Å². The van der Waals surface area contributed by atoms with Gasteiger partial charge >= 0.3 is 6.18 Å². The number of ether oxygens (including phenoxy) is 1. The third-order valence-electron chi connectivity index (χ3n) is 4.24. The van der Waals surface area contributed by atoms with Crippen molar-refractivity contribution in [1.82, 2.24) is 4.98 Å². The van der Waals surface area contributed by atoms with E-state index in [9.17, 15) is 32.2 Å². The van der Waals surface area contributed by atoms with Gasteiger partial charge in [0.25, 0.3) is 0 Å². The van der Waals surface area contributed by atoms with Crippen LogP contribution in [0.3, 0.4) is 0 Å². The van der Waals surface area contributed by atoms with E-state index in [4.69, 9.17) is 4.74 Å². The molecule has 2 N–H and O–H groups in total. The quantitative estimate of drug-likeness (QED) is 0.807. The number of aromatic nitrogens is 1. The van der Waals surface area contributed by atoms with Crippen LogP contribution in [0.1, 0.15) is 17.2 Å². The van der Waals surface area contributed by atoms with Crippen LogP contribution in [0.25, 0.3) is 11.3 Å². The number of nitrogens with zero attached hydrogens (tertiary/aromatic N) is 1. The largest absolute Gasteiger partial charge is 0.490 e. The van der Waals surface area contributed by atoms with Crippen LogP contribution < -0.4 is 4.74 Å². The Kier molecular flexibility index (Phi) is 4.61. The summed E-state index contributed by atoms with van der Waals surface area (Å²) in [4.78, 5) is 4.01. The first-order valence-electron chi connectivity index (χ1n) is 7.59. The van der Waals surface area contributed by atoms with Crippen LogP contribution in [0, 0.1) is 5.82 Å². The predicted octanol–water partition coefficient (Wildman–Crippen LogP) is 3.08. The highest BCUT2D eigenvalue weighted by molar-refractivity contribution is 5.70. The Morgan fingerprint density at radius 2 is 1.85 bits per heavy atom. The summed E-state index contributed by atoms with van der Waals surface area (Å²) < 4.78 is 71.4. The van der Waals surface area contributed by atoms with Crippen molar-refractivity contribution < 1.29 is 36.9 Å². The highest BCUT2D eigenvalue weighted by Crippen LogP contribution is 2.48. The van der Waals surface area contributed by atoms with Gasteiger partial charge in [-0.2, -0.15) is 13.2 Å². The molecule has 1 unspecified atom stereocenters. The average Bonchev–Trinajstić information content (AvgIpc) is 3.05. The Morgan fingerprint density at radius 1 is 1.19 bits per heavy atom. The maximum atomic E-state index is 13.3. The normalized spacial score (nSPS) is 19.0. The lowest BCUT2D eigenvalue weighted by Gasteiger charge is -2.24. The highest BCUT2D eigenvalue weighted by Gasteiger charge is 2.48. The molecule has 140 valence electrons. The van der Waals surface area contributed by atoms with Gasteiger partial charge in [-0.05, 0) is 30.3 Å². The Hall–Kier alpha value is -2.26. The van der Waals surface area contributed by atoms with Gasteiger partial charge in [-0.1, -0.05) is 0 Å². The molecular weight excluding hydrogens is 361 g/mol. The topological polar surface area (TPSA) is 62.6 Å². The number of hydrogen-bond donors (Lipinski definition) is 2. The molecule has 0 fully saturated rings. The zero-order valence-electron chi connectivity index (χ0n) is 13.2. The summed E-state index contributed by atoms with van der Waals surface area (Å²) in [6, 6.07) is 5.61. The van der Waals surface area contributed by atoms with E-state index in [0.717, 1.165) is 18.2 Å². The number of aliphatic hydroxyl groups is 2. The molecule has 2 atom stereocenters. The van der Waals surface area contributed by atoms with Crippen molar-refractivity contribution in [3.63, 3.8) is 0 Å². The molecule has 9 heteroatoms. The van der Waals surface area contributed by atoms with E-state index in [0.29, 0.717) is 0 Å². The van der Waals surface area contributed by atoms with Crippen LogP contribution >= 0.6 is 0 Å². The number of pyridine rings is 1. The Balaban J connectivity index is 2.24. The van der Waals surface area contributed by atoms with E-state index in [2.05, 4.69) is 4.98 Å². The zero-order chi connectivity index (χ0) is 19.1. The molecule has 1 aromatic carbocycles. The molecule has 3 rings (SSSR count). The van der Waals surface area contributed by atoms with Crippen molar-refractivity contribution in [1.29, 1.82) is 0 Å². The van der Waals surface area contributed by atoms with Crippen molar-refractivity contribution >= 4 is 0 Å². The van der Waals surface area contributed by atoms with E-state index in [1.807, 2.05) is 0 Å². The lowest BCUT2D eigenvalue weighted by atomic mass is 9.93. The first kappa shape index (κ1) is 18.5. The molecule has 0 spiro atoms. The van der Waals surface area contributed by atoms with Crippen LogP contribution in [0.2, 0.25) is 0 Å². The number of benzene rings is 1. The number of aliphatic hydroxyl groups excluding tert-OH is 1. The maximum absolute atomic E-state index is 13.3. The van der Waals surface area contributed by atoms with Crippen LogP contribution in [0.15, 0.2) is 30.3 Å². The molecule has 2 heterocycles. The molecule has 0 bridgehead atoms. The third-order valence-corrected chi connectivity index (χ3v) is 4.24. The number of fused-ring (bicyclic) bond motifs is 1. The predicted molar refractivity (Wildman–Crippen MR) is 80.9 cm³/mol. The average molecular weight is 375 g/mol. The fourth-order valence-corrected chi connectivity index (χ4v) is 2.72. The molecular formula is C17H14F5NO3. The summed E-state index contributed by atoms with van der Waals surface area (Å²) in [7, 11) is 0. The summed E-state index contributed by atoms with van der Waals surface area (Å²) in [6.45, 7) is -3.21. The molecule has 1 aliphatic heterocycles. The van der Waals surface area contributed by atoms with Crippen molar-refractivity contribution in [2.75, 3.05) is 19.9 Å². The maximum Gasteiger partial charge on any atom is 0.399 e. The van der Waals surface area contributed by atoms with Gasteiger partial charge in [0, 0.05) is 11.1 Å². The second kappa shape index (κ2) is 6.48. The van der Waals surface area contributed by atoms with Crippen molar-refractivity contribution in [3.05, 3.63) is 47.4 Å². The monoisotopic (exact) mass is 375 g/mol. The molecule has 26 heavy (non-hydrogen) atoms. The highest BCUT2D eigenvalue weighted by atomic mass is 19.4. The van der Waals surface area contributed by atoms with E-state index < -0.39 is 49.1 Å². The minimum atomic E-state index is -4.63. The molecule has 0 amide bonds. The Morgan fingerprint density at radius 3 is 2.38 bits per heavy atom. The number of rotatable bonds is 4. The minimum absolute atomic E-state index is 0.0930. The molecule has 0 radical (unpaired) electrons. The van der Waals surface area contributed by atoms with Crippen LogP contribution in [0.5, 0.6) is 5.75 Å². The van der Waals surface area contributed by atoms with Gasteiger partial charge in [-0.3, -0.25) is 0 Å². The van der Waals surface area contributed by atoms with E-state index in [1.54, 1.807) is 0 Å². The Labute approximate surface area is 144 Å². The number of halogens is 5. The third kappa shape index (κ3) is 3.12. The van der Waals surface area contributed by atoms with Gasteiger partial charge in [0.15, 0.2) is 5.60 Å².